The van der Waals surface area contributed by atoms with Crippen molar-refractivity contribution in [2.24, 2.45) is 0 Å². The number of carbonyl (C=O) groups is 1. The molecular formula is C22H20N2O5. The lowest BCUT2D eigenvalue weighted by Gasteiger charge is -2.25. The molecule has 7 nitrogen and oxygen atoms in total. The average molecular weight is 392 g/mol. The maximum atomic E-state index is 12.6. The highest BCUT2D eigenvalue weighted by Gasteiger charge is 2.27. The Hall–Kier alpha value is -3.74. The minimum atomic E-state index is -0.742. The Bertz CT molecular complexity index is 994. The highest BCUT2D eigenvalue weighted by molar-refractivity contribution is 5.95. The molecule has 0 spiro atoms. The molecule has 2 heterocycles. The molecule has 0 fully saturated rings. The van der Waals surface area contributed by atoms with Gasteiger partial charge in [-0.1, -0.05) is 12.1 Å². The largest absolute Gasteiger partial charge is 0.493 e. The highest BCUT2D eigenvalue weighted by Crippen LogP contribution is 2.33. The third-order valence-electron chi connectivity index (χ3n) is 4.38. The van der Waals surface area contributed by atoms with Gasteiger partial charge in [-0.3, -0.25) is 9.78 Å². The van der Waals surface area contributed by atoms with Gasteiger partial charge in [0.25, 0.3) is 5.91 Å². The van der Waals surface area contributed by atoms with Crippen molar-refractivity contribution >= 4 is 11.6 Å². The third kappa shape index (κ3) is 4.40. The van der Waals surface area contributed by atoms with Crippen molar-refractivity contribution in [1.29, 1.82) is 0 Å². The molecular weight excluding hydrogens is 372 g/mol. The predicted octanol–water partition coefficient (Wildman–Crippen LogP) is 3.45. The summed E-state index contributed by atoms with van der Waals surface area (Å²) in [6.07, 6.45) is 2.67. The number of fused-ring (bicyclic) bond motifs is 1. The molecule has 2 aromatic carbocycles. The van der Waals surface area contributed by atoms with E-state index >= 15 is 0 Å². The summed E-state index contributed by atoms with van der Waals surface area (Å²) in [5, 5.41) is 2.84. The molecule has 0 radical (unpaired) electrons. The van der Waals surface area contributed by atoms with Crippen LogP contribution in [-0.4, -0.2) is 30.7 Å². The summed E-state index contributed by atoms with van der Waals surface area (Å²) in [5.74, 6) is 1.98. The van der Waals surface area contributed by atoms with Crippen molar-refractivity contribution in [1.82, 2.24) is 4.98 Å². The lowest BCUT2D eigenvalue weighted by molar-refractivity contribution is -0.125. The first-order valence-corrected chi connectivity index (χ1v) is 9.12. The summed E-state index contributed by atoms with van der Waals surface area (Å²) in [6, 6.07) is 16.2. The highest BCUT2D eigenvalue weighted by atomic mass is 16.6. The number of para-hydroxylation sites is 2. The van der Waals surface area contributed by atoms with Crippen LogP contribution in [0.1, 0.15) is 5.56 Å². The lowest BCUT2D eigenvalue weighted by Crippen LogP contribution is -2.40. The van der Waals surface area contributed by atoms with Gasteiger partial charge >= 0.3 is 0 Å². The van der Waals surface area contributed by atoms with Crippen molar-refractivity contribution in [2.75, 3.05) is 19.0 Å². The number of amides is 1. The number of anilines is 1. The van der Waals surface area contributed by atoms with Crippen molar-refractivity contribution in [3.05, 3.63) is 72.6 Å². The second-order valence-electron chi connectivity index (χ2n) is 6.36. The summed E-state index contributed by atoms with van der Waals surface area (Å²) in [6.45, 7) is 0.497. The van der Waals surface area contributed by atoms with Crippen LogP contribution in [0, 0.1) is 0 Å². The molecule has 1 amide bonds. The topological polar surface area (TPSA) is 78.9 Å². The summed E-state index contributed by atoms with van der Waals surface area (Å²) in [5.41, 5.74) is 1.55. The van der Waals surface area contributed by atoms with Gasteiger partial charge in [0.05, 0.1) is 7.11 Å². The number of pyridine rings is 1. The number of benzene rings is 2. The Morgan fingerprint density at radius 3 is 2.69 bits per heavy atom. The monoisotopic (exact) mass is 392 g/mol. The van der Waals surface area contributed by atoms with Crippen LogP contribution in [0.5, 0.6) is 23.0 Å². The van der Waals surface area contributed by atoms with Gasteiger partial charge < -0.3 is 24.3 Å². The molecule has 0 bridgehead atoms. The Kier molecular flexibility index (Phi) is 5.47. The molecule has 29 heavy (non-hydrogen) atoms. The molecule has 0 saturated heterocycles. The summed E-state index contributed by atoms with van der Waals surface area (Å²) in [4.78, 5) is 16.6. The summed E-state index contributed by atoms with van der Waals surface area (Å²) < 4.78 is 22.6. The van der Waals surface area contributed by atoms with Gasteiger partial charge in [-0.2, -0.15) is 0 Å². The van der Waals surface area contributed by atoms with Gasteiger partial charge in [0, 0.05) is 24.1 Å². The Morgan fingerprint density at radius 1 is 1.10 bits per heavy atom. The predicted molar refractivity (Wildman–Crippen MR) is 107 cm³/mol. The second-order valence-corrected chi connectivity index (χ2v) is 6.36. The van der Waals surface area contributed by atoms with E-state index in [2.05, 4.69) is 10.3 Å². The minimum Gasteiger partial charge on any atom is -0.493 e. The first-order valence-electron chi connectivity index (χ1n) is 9.12. The summed E-state index contributed by atoms with van der Waals surface area (Å²) >= 11 is 0. The molecule has 1 aliphatic rings. The number of aromatic nitrogens is 1. The first kappa shape index (κ1) is 18.6. The zero-order chi connectivity index (χ0) is 20.1. The van der Waals surface area contributed by atoms with Gasteiger partial charge in [0.2, 0.25) is 6.10 Å². The fourth-order valence-electron chi connectivity index (χ4n) is 2.88. The molecule has 1 aliphatic heterocycles. The fraction of sp³-hybridized carbons (Fsp3) is 0.182. The Labute approximate surface area is 168 Å². The van der Waals surface area contributed by atoms with Crippen LogP contribution < -0.4 is 24.3 Å². The van der Waals surface area contributed by atoms with Crippen LogP contribution >= 0.6 is 0 Å². The zero-order valence-electron chi connectivity index (χ0n) is 15.8. The van der Waals surface area contributed by atoms with E-state index in [-0.39, 0.29) is 12.5 Å². The van der Waals surface area contributed by atoms with Crippen molar-refractivity contribution in [3.63, 3.8) is 0 Å². The molecule has 0 aliphatic carbocycles. The third-order valence-corrected chi connectivity index (χ3v) is 4.38. The quantitative estimate of drug-likeness (QED) is 0.692. The van der Waals surface area contributed by atoms with Crippen LogP contribution in [0.3, 0.4) is 0 Å². The first-order chi connectivity index (χ1) is 14.2. The Morgan fingerprint density at radius 2 is 1.90 bits per heavy atom. The maximum absolute atomic E-state index is 12.6. The zero-order valence-corrected chi connectivity index (χ0v) is 15.8. The number of rotatable bonds is 6. The maximum Gasteiger partial charge on any atom is 0.269 e. The fourth-order valence-corrected chi connectivity index (χ4v) is 2.88. The van der Waals surface area contributed by atoms with Gasteiger partial charge in [0.15, 0.2) is 23.0 Å². The molecule has 7 heteroatoms. The molecule has 0 saturated carbocycles. The van der Waals surface area contributed by atoms with E-state index in [1.165, 1.54) is 0 Å². The SMILES string of the molecule is COc1ccc(NC(=O)C2COc3ccccc3O2)cc1OCc1ccncc1. The van der Waals surface area contributed by atoms with E-state index in [9.17, 15) is 4.79 Å². The van der Waals surface area contributed by atoms with Crippen LogP contribution in [0.2, 0.25) is 0 Å². The van der Waals surface area contributed by atoms with Crippen molar-refractivity contribution in [3.8, 4) is 23.0 Å². The average Bonchev–Trinajstić information content (AvgIpc) is 2.78. The number of hydrogen-bond acceptors (Lipinski definition) is 6. The number of nitrogens with zero attached hydrogens (tertiary/aromatic N) is 1. The van der Waals surface area contributed by atoms with E-state index in [0.717, 1.165) is 5.56 Å². The van der Waals surface area contributed by atoms with Crippen molar-refractivity contribution < 1.29 is 23.7 Å². The number of nitrogens with one attached hydrogen (secondary N) is 1. The smallest absolute Gasteiger partial charge is 0.269 e. The van der Waals surface area contributed by atoms with Crippen LogP contribution in [0.15, 0.2) is 67.0 Å². The number of carbonyl (C=O) groups excluding carboxylic acids is 1. The van der Waals surface area contributed by atoms with E-state index in [4.69, 9.17) is 18.9 Å². The molecule has 1 unspecified atom stereocenters. The van der Waals surface area contributed by atoms with Gasteiger partial charge in [-0.25, -0.2) is 0 Å². The number of methoxy groups -OCH3 is 1. The van der Waals surface area contributed by atoms with Crippen LogP contribution in [-0.2, 0) is 11.4 Å². The minimum absolute atomic E-state index is 0.143. The van der Waals surface area contributed by atoms with Gasteiger partial charge in [-0.05, 0) is 42.0 Å². The Balaban J connectivity index is 1.44. The standard InChI is InChI=1S/C22H20N2O5/c1-26-17-7-6-16(12-20(17)27-13-15-8-10-23-11-9-15)24-22(25)21-14-28-18-4-2-3-5-19(18)29-21/h2-12,21H,13-14H2,1H3,(H,24,25). The molecule has 1 atom stereocenters. The molecule has 3 aromatic rings. The van der Waals surface area contributed by atoms with Crippen LogP contribution in [0.4, 0.5) is 5.69 Å². The number of hydrogen-bond donors (Lipinski definition) is 1. The van der Waals surface area contributed by atoms with Crippen LogP contribution in [0.25, 0.3) is 0 Å². The van der Waals surface area contributed by atoms with E-state index in [1.807, 2.05) is 24.3 Å². The lowest BCUT2D eigenvalue weighted by atomic mass is 10.2. The normalized spacial score (nSPS) is 14.7. The molecule has 1 N–H and O–H groups in total. The van der Waals surface area contributed by atoms with E-state index < -0.39 is 6.10 Å². The van der Waals surface area contributed by atoms with E-state index in [0.29, 0.717) is 35.3 Å². The summed E-state index contributed by atoms with van der Waals surface area (Å²) in [7, 11) is 1.57. The second kappa shape index (κ2) is 8.52. The van der Waals surface area contributed by atoms with Gasteiger partial charge in [0.1, 0.15) is 13.2 Å². The molecule has 1 aromatic heterocycles. The molecule has 4 rings (SSSR count). The van der Waals surface area contributed by atoms with E-state index in [1.54, 1.807) is 49.8 Å². The number of ether oxygens (including phenoxy) is 4. The molecule has 148 valence electrons. The van der Waals surface area contributed by atoms with Crippen molar-refractivity contribution in [2.45, 2.75) is 12.7 Å². The van der Waals surface area contributed by atoms with Gasteiger partial charge in [-0.15, -0.1) is 0 Å².